The molecule has 0 aromatic carbocycles. The zero-order chi connectivity index (χ0) is 15.9. The Hall–Kier alpha value is -0.130. The van der Waals surface area contributed by atoms with Gasteiger partial charge < -0.3 is 5.73 Å². The Bertz CT molecular complexity index is 387. The van der Waals surface area contributed by atoms with Crippen molar-refractivity contribution in [1.82, 2.24) is 4.90 Å². The molecule has 0 aromatic rings. The fourth-order valence-corrected chi connectivity index (χ4v) is 4.79. The monoisotopic (exact) mass is 318 g/mol. The molecule has 1 aliphatic rings. The highest BCUT2D eigenvalue weighted by Gasteiger charge is 2.38. The van der Waals surface area contributed by atoms with Gasteiger partial charge in [-0.05, 0) is 51.0 Å². The van der Waals surface area contributed by atoms with E-state index in [4.69, 9.17) is 5.73 Å². The van der Waals surface area contributed by atoms with Gasteiger partial charge in [-0.15, -0.1) is 0 Å². The summed E-state index contributed by atoms with van der Waals surface area (Å²) < 4.78 is 24.0. The van der Waals surface area contributed by atoms with Crippen LogP contribution in [0.4, 0.5) is 0 Å². The first-order valence-corrected chi connectivity index (χ1v) is 10.4. The first-order valence-electron chi connectivity index (χ1n) is 8.54. The summed E-state index contributed by atoms with van der Waals surface area (Å²) >= 11 is 0. The summed E-state index contributed by atoms with van der Waals surface area (Å²) in [6.07, 6.45) is 6.38. The summed E-state index contributed by atoms with van der Waals surface area (Å²) in [4.78, 5) is 2.38. The molecule has 0 amide bonds. The maximum Gasteiger partial charge on any atom is 0.151 e. The van der Waals surface area contributed by atoms with Crippen molar-refractivity contribution < 1.29 is 8.42 Å². The predicted molar refractivity (Wildman–Crippen MR) is 90.2 cm³/mol. The van der Waals surface area contributed by atoms with Crippen LogP contribution in [0.2, 0.25) is 0 Å². The van der Waals surface area contributed by atoms with Gasteiger partial charge in [0.2, 0.25) is 0 Å². The van der Waals surface area contributed by atoms with Crippen LogP contribution < -0.4 is 5.73 Å². The first-order chi connectivity index (χ1) is 9.89. The van der Waals surface area contributed by atoms with E-state index < -0.39 is 9.84 Å². The molecule has 0 unspecified atom stereocenters. The molecule has 0 heterocycles. The van der Waals surface area contributed by atoms with Gasteiger partial charge in [0, 0.05) is 24.4 Å². The minimum Gasteiger partial charge on any atom is -0.329 e. The third kappa shape index (κ3) is 5.53. The number of sulfone groups is 1. The molecule has 5 heteroatoms. The van der Waals surface area contributed by atoms with Gasteiger partial charge in [0.25, 0.3) is 0 Å². The van der Waals surface area contributed by atoms with E-state index in [1.807, 2.05) is 6.92 Å². The highest BCUT2D eigenvalue weighted by molar-refractivity contribution is 7.91. The Kier molecular flexibility index (Phi) is 7.65. The van der Waals surface area contributed by atoms with Gasteiger partial charge in [-0.3, -0.25) is 4.90 Å². The Morgan fingerprint density at radius 2 is 1.71 bits per heavy atom. The van der Waals surface area contributed by atoms with Crippen molar-refractivity contribution in [2.45, 2.75) is 64.8 Å². The molecular weight excluding hydrogens is 284 g/mol. The number of rotatable bonds is 9. The molecule has 0 saturated heterocycles. The third-order valence-corrected chi connectivity index (χ3v) is 6.77. The lowest BCUT2D eigenvalue weighted by Gasteiger charge is -2.47. The van der Waals surface area contributed by atoms with Gasteiger partial charge in [0.05, 0.1) is 5.75 Å². The van der Waals surface area contributed by atoms with E-state index in [-0.39, 0.29) is 11.3 Å². The van der Waals surface area contributed by atoms with Gasteiger partial charge in [-0.2, -0.15) is 0 Å². The van der Waals surface area contributed by atoms with Crippen molar-refractivity contribution in [1.29, 1.82) is 0 Å². The molecule has 2 N–H and O–H groups in total. The molecule has 1 aliphatic carbocycles. The molecule has 0 bridgehead atoms. The predicted octanol–water partition coefficient (Wildman–Crippen LogP) is 2.43. The molecule has 1 fully saturated rings. The van der Waals surface area contributed by atoms with Crippen molar-refractivity contribution in [3.05, 3.63) is 0 Å². The normalized spacial score (nSPS) is 27.2. The van der Waals surface area contributed by atoms with Crippen molar-refractivity contribution >= 4 is 9.84 Å². The number of nitrogens with two attached hydrogens (primary N) is 1. The summed E-state index contributed by atoms with van der Waals surface area (Å²) in [6.45, 7) is 8.62. The van der Waals surface area contributed by atoms with E-state index in [1.165, 1.54) is 12.8 Å². The average molecular weight is 319 g/mol. The van der Waals surface area contributed by atoms with Crippen LogP contribution in [0.15, 0.2) is 0 Å². The lowest BCUT2D eigenvalue weighted by molar-refractivity contribution is 0.0497. The molecule has 0 radical (unpaired) electrons. The average Bonchev–Trinajstić information content (AvgIpc) is 2.45. The smallest absolute Gasteiger partial charge is 0.151 e. The summed E-state index contributed by atoms with van der Waals surface area (Å²) in [5, 5.41) is 0. The zero-order valence-corrected chi connectivity index (χ0v) is 14.9. The number of hydrogen-bond donors (Lipinski definition) is 1. The molecule has 21 heavy (non-hydrogen) atoms. The summed E-state index contributed by atoms with van der Waals surface area (Å²) in [5.41, 5.74) is 6.15. The highest BCUT2D eigenvalue weighted by atomic mass is 32.2. The Balaban J connectivity index is 2.74. The fourth-order valence-electron chi connectivity index (χ4n) is 3.47. The third-order valence-electron chi connectivity index (χ3n) is 4.94. The lowest BCUT2D eigenvalue weighted by atomic mass is 9.76. The van der Waals surface area contributed by atoms with Gasteiger partial charge in [-0.1, -0.05) is 20.8 Å². The summed E-state index contributed by atoms with van der Waals surface area (Å²) in [5.74, 6) is 1.36. The summed E-state index contributed by atoms with van der Waals surface area (Å²) in [6, 6.07) is 0. The van der Waals surface area contributed by atoms with E-state index in [1.54, 1.807) is 0 Å². The number of nitrogens with zero attached hydrogens (tertiary/aromatic N) is 1. The quantitative estimate of drug-likeness (QED) is 0.709. The fraction of sp³-hybridized carbons (Fsp3) is 1.00. The Labute approximate surface area is 131 Å². The SMILES string of the molecule is CCCN(CCS(=O)(=O)CCC)C1(CN)CCC(C)CC1. The molecular formula is C16H34N2O2S. The van der Waals surface area contributed by atoms with Crippen LogP contribution in [-0.2, 0) is 9.84 Å². The minimum absolute atomic E-state index is 0.0320. The van der Waals surface area contributed by atoms with Gasteiger partial charge in [-0.25, -0.2) is 8.42 Å². The van der Waals surface area contributed by atoms with Gasteiger partial charge >= 0.3 is 0 Å². The van der Waals surface area contributed by atoms with E-state index >= 15 is 0 Å². The molecule has 126 valence electrons. The lowest BCUT2D eigenvalue weighted by Crippen LogP contribution is -2.57. The first kappa shape index (κ1) is 18.9. The molecule has 0 aromatic heterocycles. The van der Waals surface area contributed by atoms with Crippen LogP contribution in [0.5, 0.6) is 0 Å². The molecule has 4 nitrogen and oxygen atoms in total. The molecule has 1 saturated carbocycles. The number of hydrogen-bond acceptors (Lipinski definition) is 4. The molecule has 0 spiro atoms. The second kappa shape index (κ2) is 8.49. The second-order valence-electron chi connectivity index (χ2n) is 6.75. The van der Waals surface area contributed by atoms with E-state index in [2.05, 4.69) is 18.7 Å². The maximum absolute atomic E-state index is 12.0. The van der Waals surface area contributed by atoms with Crippen LogP contribution in [0.1, 0.15) is 59.3 Å². The van der Waals surface area contributed by atoms with E-state index in [0.29, 0.717) is 25.3 Å². The highest BCUT2D eigenvalue weighted by Crippen LogP contribution is 2.35. The van der Waals surface area contributed by atoms with Crippen molar-refractivity contribution in [2.75, 3.05) is 31.1 Å². The zero-order valence-electron chi connectivity index (χ0n) is 14.1. The van der Waals surface area contributed by atoms with Crippen molar-refractivity contribution in [3.8, 4) is 0 Å². The van der Waals surface area contributed by atoms with Crippen LogP contribution in [0, 0.1) is 5.92 Å². The van der Waals surface area contributed by atoms with Crippen LogP contribution in [0.3, 0.4) is 0 Å². The van der Waals surface area contributed by atoms with Crippen LogP contribution in [0.25, 0.3) is 0 Å². The van der Waals surface area contributed by atoms with Gasteiger partial charge in [0.15, 0.2) is 9.84 Å². The Morgan fingerprint density at radius 1 is 1.10 bits per heavy atom. The molecule has 0 atom stereocenters. The van der Waals surface area contributed by atoms with Crippen LogP contribution in [-0.4, -0.2) is 50.0 Å². The largest absolute Gasteiger partial charge is 0.329 e. The van der Waals surface area contributed by atoms with Crippen molar-refractivity contribution in [3.63, 3.8) is 0 Å². The topological polar surface area (TPSA) is 63.4 Å². The maximum atomic E-state index is 12.0. The van der Waals surface area contributed by atoms with E-state index in [9.17, 15) is 8.42 Å². The molecule has 0 aliphatic heterocycles. The Morgan fingerprint density at radius 3 is 2.19 bits per heavy atom. The van der Waals surface area contributed by atoms with E-state index in [0.717, 1.165) is 31.7 Å². The summed E-state index contributed by atoms with van der Waals surface area (Å²) in [7, 11) is -2.91. The standard InChI is InChI=1S/C16H34N2O2S/c1-4-10-18(11-13-21(19,20)12-5-2)16(14-17)8-6-15(3)7-9-16/h15H,4-14,17H2,1-3H3. The second-order valence-corrected chi connectivity index (χ2v) is 9.05. The van der Waals surface area contributed by atoms with Crippen molar-refractivity contribution in [2.24, 2.45) is 11.7 Å². The molecule has 1 rings (SSSR count). The minimum atomic E-state index is -2.91. The van der Waals surface area contributed by atoms with Crippen LogP contribution >= 0.6 is 0 Å². The van der Waals surface area contributed by atoms with Gasteiger partial charge in [0.1, 0.15) is 0 Å².